The van der Waals surface area contributed by atoms with Gasteiger partial charge in [0.2, 0.25) is 0 Å². The third kappa shape index (κ3) is 9.35. The monoisotopic (exact) mass is 840 g/mol. The molecule has 3 aromatic heterocycles. The van der Waals surface area contributed by atoms with E-state index in [1.165, 1.54) is 4.90 Å². The minimum Gasteiger partial charge on any atom is -0.496 e. The molecule has 0 atom stereocenters. The van der Waals surface area contributed by atoms with Crippen molar-refractivity contribution in [2.75, 3.05) is 27.3 Å². The first kappa shape index (κ1) is 43.2. The van der Waals surface area contributed by atoms with Crippen molar-refractivity contribution in [1.29, 1.82) is 0 Å². The summed E-state index contributed by atoms with van der Waals surface area (Å²) in [5.74, 6) is 1.22. The number of hydrogen-bond donors (Lipinski definition) is 2. The van der Waals surface area contributed by atoms with Gasteiger partial charge in [-0.3, -0.25) is 4.68 Å². The van der Waals surface area contributed by atoms with E-state index in [0.717, 1.165) is 27.5 Å². The summed E-state index contributed by atoms with van der Waals surface area (Å²) in [6, 6.07) is 27.2. The standard InChI is InChI=1S/C48H52N6O8/c1-48(2,3)62-47(58)52(4)24-14-25-54-43-34(35(44(54)46(56)57)21-13-26-60-41-23-11-16-31-15-7-8-17-33(31)41)19-12-20-37(43)42-38(51-53(5)39(42)29-55)30-61-32-27-49-45(50-28-32)36-18-9-10-22-40(36)59-6/h7-12,15-20,22-23,27-28,55H,13-14,21,24-26,29-30H2,1-6H3,(H,56,57). The first-order valence-electron chi connectivity index (χ1n) is 20.5. The van der Waals surface area contributed by atoms with Gasteiger partial charge in [0, 0.05) is 49.1 Å². The molecule has 62 heavy (non-hydrogen) atoms. The number of benzene rings is 4. The van der Waals surface area contributed by atoms with Gasteiger partial charge in [-0.05, 0) is 69.2 Å². The lowest BCUT2D eigenvalue weighted by Gasteiger charge is -2.24. The number of methoxy groups -OCH3 is 1. The lowest BCUT2D eigenvalue weighted by atomic mass is 9.98. The van der Waals surface area contributed by atoms with E-state index < -0.39 is 17.7 Å². The normalized spacial score (nSPS) is 11.5. The number of hydrogen-bond acceptors (Lipinski definition) is 10. The van der Waals surface area contributed by atoms with Gasteiger partial charge >= 0.3 is 12.1 Å². The van der Waals surface area contributed by atoms with E-state index in [-0.39, 0.29) is 25.5 Å². The quantitative estimate of drug-likeness (QED) is 0.0844. The van der Waals surface area contributed by atoms with Crippen molar-refractivity contribution < 1.29 is 38.7 Å². The second-order valence-electron chi connectivity index (χ2n) is 16.0. The van der Waals surface area contributed by atoms with Crippen LogP contribution in [0.1, 0.15) is 61.1 Å². The van der Waals surface area contributed by atoms with Gasteiger partial charge in [-0.2, -0.15) is 5.10 Å². The molecule has 0 spiro atoms. The molecular formula is C48H52N6O8. The number of aryl methyl sites for hydroxylation is 3. The van der Waals surface area contributed by atoms with Crippen molar-refractivity contribution in [3.05, 3.63) is 120 Å². The maximum atomic E-state index is 13.4. The summed E-state index contributed by atoms with van der Waals surface area (Å²) >= 11 is 0. The van der Waals surface area contributed by atoms with Crippen LogP contribution in [0.15, 0.2) is 97.3 Å². The lowest BCUT2D eigenvalue weighted by molar-refractivity contribution is 0.0294. The molecule has 322 valence electrons. The van der Waals surface area contributed by atoms with E-state index in [4.69, 9.17) is 24.0 Å². The number of aliphatic hydroxyl groups excluding tert-OH is 1. The highest BCUT2D eigenvalue weighted by Gasteiger charge is 2.28. The number of rotatable bonds is 17. The zero-order chi connectivity index (χ0) is 44.0. The van der Waals surface area contributed by atoms with Crippen molar-refractivity contribution in [2.45, 2.75) is 65.4 Å². The Bertz CT molecular complexity index is 2690. The van der Waals surface area contributed by atoms with Crippen LogP contribution in [0.4, 0.5) is 4.79 Å². The number of carbonyl (C=O) groups excluding carboxylic acids is 1. The van der Waals surface area contributed by atoms with Gasteiger partial charge in [0.1, 0.15) is 35.1 Å². The number of nitrogens with zero attached hydrogens (tertiary/aromatic N) is 6. The molecule has 7 rings (SSSR count). The maximum Gasteiger partial charge on any atom is 0.410 e. The van der Waals surface area contributed by atoms with Crippen molar-refractivity contribution in [3.63, 3.8) is 0 Å². The van der Waals surface area contributed by atoms with Gasteiger partial charge in [-0.25, -0.2) is 19.6 Å². The zero-order valence-electron chi connectivity index (χ0n) is 35.9. The summed E-state index contributed by atoms with van der Waals surface area (Å²) < 4.78 is 27.0. The van der Waals surface area contributed by atoms with E-state index >= 15 is 0 Å². The van der Waals surface area contributed by atoms with Crippen LogP contribution in [0.25, 0.3) is 44.2 Å². The van der Waals surface area contributed by atoms with Crippen LogP contribution in [-0.4, -0.2) is 84.4 Å². The van der Waals surface area contributed by atoms with Crippen LogP contribution in [-0.2, 0) is 38.0 Å². The fourth-order valence-electron chi connectivity index (χ4n) is 7.78. The van der Waals surface area contributed by atoms with E-state index in [9.17, 15) is 19.8 Å². The summed E-state index contributed by atoms with van der Waals surface area (Å²) in [7, 11) is 5.01. The molecule has 0 bridgehead atoms. The first-order valence-corrected chi connectivity index (χ1v) is 20.5. The Morgan fingerprint density at radius 1 is 0.839 bits per heavy atom. The third-order valence-electron chi connectivity index (χ3n) is 10.6. The van der Waals surface area contributed by atoms with Gasteiger partial charge in [0.25, 0.3) is 0 Å². The Morgan fingerprint density at radius 2 is 1.52 bits per heavy atom. The topological polar surface area (TPSA) is 163 Å². The predicted molar refractivity (Wildman–Crippen MR) is 237 cm³/mol. The first-order chi connectivity index (χ1) is 29.9. The van der Waals surface area contributed by atoms with Crippen LogP contribution in [0.5, 0.6) is 17.2 Å². The molecule has 7 aromatic rings. The molecule has 1 amide bonds. The molecule has 0 aliphatic heterocycles. The molecule has 0 saturated heterocycles. The summed E-state index contributed by atoms with van der Waals surface area (Å²) in [6.45, 7) is 6.05. The number of fused-ring (bicyclic) bond motifs is 2. The number of aromatic nitrogens is 5. The Kier molecular flexibility index (Phi) is 13.1. The zero-order valence-corrected chi connectivity index (χ0v) is 35.9. The molecule has 0 aliphatic rings. The minimum atomic E-state index is -1.08. The molecule has 14 nitrogen and oxygen atoms in total. The number of carboxylic acids is 1. The van der Waals surface area contributed by atoms with Crippen molar-refractivity contribution in [1.82, 2.24) is 29.2 Å². The smallest absolute Gasteiger partial charge is 0.410 e. The average Bonchev–Trinajstić information content (AvgIpc) is 3.76. The Balaban J connectivity index is 1.23. The molecule has 0 fully saturated rings. The maximum absolute atomic E-state index is 13.4. The SMILES string of the molecule is COc1ccccc1-c1ncc(OCc2nn(C)c(CO)c2-c2cccc3c(CCCOc4cccc5ccccc45)c(C(=O)O)n(CCCN(C)C(=O)OC(C)(C)C)c23)cn1. The highest BCUT2D eigenvalue weighted by atomic mass is 16.6. The largest absolute Gasteiger partial charge is 0.496 e. The minimum absolute atomic E-state index is 0.00245. The lowest BCUT2D eigenvalue weighted by Crippen LogP contribution is -2.35. The van der Waals surface area contributed by atoms with E-state index in [1.807, 2.05) is 110 Å². The molecule has 2 N–H and O–H groups in total. The highest BCUT2D eigenvalue weighted by Crippen LogP contribution is 2.39. The molecule has 0 unspecified atom stereocenters. The van der Waals surface area contributed by atoms with Crippen molar-refractivity contribution >= 4 is 33.7 Å². The Morgan fingerprint density at radius 3 is 2.26 bits per heavy atom. The number of ether oxygens (including phenoxy) is 4. The van der Waals surface area contributed by atoms with Crippen molar-refractivity contribution in [3.8, 4) is 39.8 Å². The third-order valence-corrected chi connectivity index (χ3v) is 10.6. The molecule has 0 aliphatic carbocycles. The van der Waals surface area contributed by atoms with Crippen LogP contribution in [0.3, 0.4) is 0 Å². The summed E-state index contributed by atoms with van der Waals surface area (Å²) in [5.41, 5.74) is 3.92. The van der Waals surface area contributed by atoms with Crippen LogP contribution >= 0.6 is 0 Å². The number of carboxylic acid groups (broad SMARTS) is 1. The van der Waals surface area contributed by atoms with Crippen LogP contribution in [0.2, 0.25) is 0 Å². The van der Waals surface area contributed by atoms with Gasteiger partial charge in [0.05, 0.1) is 49.5 Å². The van der Waals surface area contributed by atoms with Crippen LogP contribution in [0, 0.1) is 0 Å². The van der Waals surface area contributed by atoms with Crippen LogP contribution < -0.4 is 14.2 Å². The number of aromatic carboxylic acids is 1. The fraction of sp³-hybridized carbons (Fsp3) is 0.312. The molecule has 0 saturated carbocycles. The van der Waals surface area contributed by atoms with E-state index in [0.29, 0.717) is 83.3 Å². The molecular weight excluding hydrogens is 789 g/mol. The summed E-state index contributed by atoms with van der Waals surface area (Å²) in [5, 5.41) is 29.3. The molecule has 4 aromatic carbocycles. The van der Waals surface area contributed by atoms with Gasteiger partial charge in [-0.1, -0.05) is 66.7 Å². The molecule has 14 heteroatoms. The Hall–Kier alpha value is -6.93. The number of carbonyl (C=O) groups is 2. The number of amides is 1. The van der Waals surface area contributed by atoms with E-state index in [1.54, 1.807) is 38.3 Å². The molecule has 0 radical (unpaired) electrons. The van der Waals surface area contributed by atoms with Gasteiger partial charge < -0.3 is 38.6 Å². The predicted octanol–water partition coefficient (Wildman–Crippen LogP) is 8.70. The summed E-state index contributed by atoms with van der Waals surface area (Å²) in [6.07, 6.45) is 4.09. The van der Waals surface area contributed by atoms with Gasteiger partial charge in [-0.15, -0.1) is 0 Å². The van der Waals surface area contributed by atoms with E-state index in [2.05, 4.69) is 9.97 Å². The number of aliphatic hydroxyl groups is 1. The second kappa shape index (κ2) is 18.8. The molecule has 3 heterocycles. The second-order valence-corrected chi connectivity index (χ2v) is 16.0. The van der Waals surface area contributed by atoms with Crippen molar-refractivity contribution in [2.24, 2.45) is 7.05 Å². The summed E-state index contributed by atoms with van der Waals surface area (Å²) in [4.78, 5) is 36.8. The number of para-hydroxylation sites is 2. The average molecular weight is 841 g/mol. The fourth-order valence-corrected chi connectivity index (χ4v) is 7.78. The van der Waals surface area contributed by atoms with Gasteiger partial charge in [0.15, 0.2) is 11.6 Å². The Labute approximate surface area is 360 Å². The highest BCUT2D eigenvalue weighted by molar-refractivity contribution is 6.04.